The molecule has 2 aromatic carbocycles. The third kappa shape index (κ3) is 9.72. The lowest BCUT2D eigenvalue weighted by Crippen LogP contribution is -2.82. The number of alkyl carbamates (subject to hydrolysis) is 1. The molecule has 0 unspecified atom stereocenters. The van der Waals surface area contributed by atoms with E-state index in [9.17, 15) is 44.1 Å². The minimum atomic E-state index is -2.46. The predicted molar refractivity (Wildman–Crippen MR) is 241 cm³/mol. The zero-order valence-electron chi connectivity index (χ0n) is 40.4. The summed E-state index contributed by atoms with van der Waals surface area (Å²) in [5.74, 6) is -6.85. The Labute approximate surface area is 396 Å². The molecule has 3 fully saturated rings. The first-order chi connectivity index (χ1) is 31.7. The summed E-state index contributed by atoms with van der Waals surface area (Å²) < 4.78 is 36.2. The average molecular weight is 948 g/mol. The number of fused-ring (bicyclic) bond motifs is 5. The van der Waals surface area contributed by atoms with Gasteiger partial charge in [-0.15, -0.1) is 0 Å². The van der Waals surface area contributed by atoms with Gasteiger partial charge in [0.25, 0.3) is 0 Å². The number of hydrogen-bond donors (Lipinski definition) is 4. The van der Waals surface area contributed by atoms with Crippen molar-refractivity contribution >= 4 is 41.5 Å². The van der Waals surface area contributed by atoms with Gasteiger partial charge in [-0.05, 0) is 69.9 Å². The van der Waals surface area contributed by atoms with Crippen molar-refractivity contribution in [1.82, 2.24) is 5.32 Å². The van der Waals surface area contributed by atoms with Gasteiger partial charge in [0.15, 0.2) is 23.6 Å². The molecule has 6 rings (SSSR count). The van der Waals surface area contributed by atoms with Crippen LogP contribution in [-0.4, -0.2) is 117 Å². The Hall–Kier alpha value is -5.49. The molecule has 3 aliphatic carbocycles. The van der Waals surface area contributed by atoms with Gasteiger partial charge in [-0.1, -0.05) is 76.2 Å². The second-order valence-electron chi connectivity index (χ2n) is 20.5. The Balaban J connectivity index is 1.54. The van der Waals surface area contributed by atoms with Crippen LogP contribution in [0.4, 0.5) is 4.79 Å². The molecule has 11 atom stereocenters. The number of aliphatic hydroxyl groups is 3. The monoisotopic (exact) mass is 947 g/mol. The van der Waals surface area contributed by atoms with Crippen LogP contribution in [-0.2, 0) is 52.4 Å². The summed E-state index contributed by atoms with van der Waals surface area (Å²) in [6, 6.07) is 14.4. The molecule has 1 heterocycles. The van der Waals surface area contributed by atoms with Crippen molar-refractivity contribution in [2.24, 2.45) is 22.7 Å². The highest BCUT2D eigenvalue weighted by Crippen LogP contribution is 2.64. The van der Waals surface area contributed by atoms with E-state index in [-0.39, 0.29) is 60.7 Å². The molecule has 0 spiro atoms. The summed E-state index contributed by atoms with van der Waals surface area (Å²) in [7, 11) is 0. The van der Waals surface area contributed by atoms with Crippen LogP contribution < -0.4 is 5.32 Å². The fourth-order valence-electron chi connectivity index (χ4n) is 10.5. The van der Waals surface area contributed by atoms with Gasteiger partial charge in [0.2, 0.25) is 0 Å². The number of carbonyl (C=O) groups excluding carboxylic acids is 7. The van der Waals surface area contributed by atoms with Crippen LogP contribution in [0.2, 0.25) is 0 Å². The summed E-state index contributed by atoms with van der Waals surface area (Å²) in [6.07, 6.45) is -12.1. The molecule has 2 bridgehead atoms. The van der Waals surface area contributed by atoms with Crippen molar-refractivity contribution in [1.29, 1.82) is 0 Å². The fourth-order valence-corrected chi connectivity index (χ4v) is 10.5. The van der Waals surface area contributed by atoms with Crippen LogP contribution in [0.3, 0.4) is 0 Å². The number of benzene rings is 2. The van der Waals surface area contributed by atoms with E-state index in [4.69, 9.17) is 28.4 Å². The van der Waals surface area contributed by atoms with Crippen molar-refractivity contribution in [2.45, 2.75) is 161 Å². The van der Waals surface area contributed by atoms with E-state index in [1.54, 1.807) is 97.0 Å². The summed E-state index contributed by atoms with van der Waals surface area (Å²) in [5.41, 5.74) is -8.68. The van der Waals surface area contributed by atoms with E-state index in [1.807, 2.05) is 0 Å². The lowest BCUT2D eigenvalue weighted by molar-refractivity contribution is -0.346. The maximum absolute atomic E-state index is 15.9. The Bertz CT molecular complexity index is 2300. The highest BCUT2D eigenvalue weighted by atomic mass is 16.6. The summed E-state index contributed by atoms with van der Waals surface area (Å²) in [4.78, 5) is 97.5. The molecule has 4 N–H and O–H groups in total. The number of amides is 1. The molecule has 2 aromatic rings. The highest BCUT2D eigenvalue weighted by Gasteiger charge is 2.78. The molecule has 1 aliphatic heterocycles. The van der Waals surface area contributed by atoms with Crippen molar-refractivity contribution in [3.8, 4) is 0 Å². The number of ether oxygens (including phenoxy) is 6. The van der Waals surface area contributed by atoms with Crippen molar-refractivity contribution in [2.75, 3.05) is 6.61 Å². The topological polar surface area (TPSA) is 248 Å². The standard InChI is InChI=1S/C51H65NO16/c1-27(2)32(54)22-17-23-36(56)65-40-37-28(3)33(64-45(60)39(57)38(30-18-13-11-14-19-30)52-46(61)68-47(5,6)7)25-51(62,48(37,8)9)43(66-44(59)31-20-15-12-16-21-31)41-49(10,42(40)58)34(55)24-35-50(41,26-63-35)67-29(4)53/h11-16,18-21,27,33-35,38-41,43,55,57,62H,17,22-26H2,1-10H3,(H,52,61)/t33-,34-,35+,38-,39+,40+,41-,43-,49+,50-,51+/m0/s1. The van der Waals surface area contributed by atoms with E-state index in [1.165, 1.54) is 26.0 Å². The quantitative estimate of drug-likeness (QED) is 0.108. The number of ketones is 2. The molecule has 17 heteroatoms. The SMILES string of the molecule is CC(=O)O[C@@]12CO[C@@H]1C[C@H](O)[C@@]1(C)C(=O)[C@H](OC(=O)CCCC(=O)C(C)C)C3=C(C)[C@@H](OC(=O)[C@H](O)[C@@H](NC(=O)OC(C)(C)C)c4ccccc4)C[C@@](O)([C@@H](OC(=O)c4ccccc4)[C@H]21)C3(C)C. The number of aliphatic hydroxyl groups excluding tert-OH is 2. The molecule has 17 nitrogen and oxygen atoms in total. The van der Waals surface area contributed by atoms with Gasteiger partial charge in [0.1, 0.15) is 35.3 Å². The van der Waals surface area contributed by atoms with Gasteiger partial charge in [-0.2, -0.15) is 0 Å². The largest absolute Gasteiger partial charge is 0.456 e. The van der Waals surface area contributed by atoms with Crippen molar-refractivity contribution in [3.63, 3.8) is 0 Å². The lowest BCUT2D eigenvalue weighted by Gasteiger charge is -2.67. The molecule has 0 radical (unpaired) electrons. The third-order valence-electron chi connectivity index (χ3n) is 14.2. The average Bonchev–Trinajstić information content (AvgIpc) is 3.26. The third-order valence-corrected chi connectivity index (χ3v) is 14.2. The van der Waals surface area contributed by atoms with Crippen molar-refractivity contribution < 1.29 is 77.3 Å². The Kier molecular flexibility index (Phi) is 14.9. The zero-order chi connectivity index (χ0) is 50.3. The van der Waals surface area contributed by atoms with Gasteiger partial charge < -0.3 is 49.1 Å². The van der Waals surface area contributed by atoms with Gasteiger partial charge in [-0.25, -0.2) is 14.4 Å². The number of rotatable bonds is 14. The Morgan fingerprint density at radius 1 is 0.912 bits per heavy atom. The molecule has 0 aromatic heterocycles. The Morgan fingerprint density at radius 3 is 2.09 bits per heavy atom. The summed E-state index contributed by atoms with van der Waals surface area (Å²) in [5, 5.41) is 40.5. The first-order valence-electron chi connectivity index (χ1n) is 23.1. The maximum Gasteiger partial charge on any atom is 0.408 e. The van der Waals surface area contributed by atoms with E-state index in [0.717, 1.165) is 6.92 Å². The first kappa shape index (κ1) is 51.9. The fraction of sp³-hybridized carbons (Fsp3) is 0.588. The smallest absolute Gasteiger partial charge is 0.408 e. The molecule has 1 saturated heterocycles. The number of carbonyl (C=O) groups is 7. The van der Waals surface area contributed by atoms with Gasteiger partial charge in [-0.3, -0.25) is 19.2 Å². The number of nitrogens with one attached hydrogen (secondary N) is 1. The number of esters is 4. The predicted octanol–water partition coefficient (Wildman–Crippen LogP) is 5.21. The lowest BCUT2D eigenvalue weighted by atomic mass is 9.44. The van der Waals surface area contributed by atoms with Crippen LogP contribution in [0.25, 0.3) is 0 Å². The highest BCUT2D eigenvalue weighted by molar-refractivity contribution is 5.96. The maximum atomic E-state index is 15.9. The normalized spacial score (nSPS) is 30.4. The van der Waals surface area contributed by atoms with E-state index in [2.05, 4.69) is 5.32 Å². The molecular weight excluding hydrogens is 883 g/mol. The van der Waals surface area contributed by atoms with Crippen LogP contribution in [0.15, 0.2) is 71.8 Å². The second kappa shape index (κ2) is 19.5. The minimum Gasteiger partial charge on any atom is -0.456 e. The van der Waals surface area contributed by atoms with Crippen molar-refractivity contribution in [3.05, 3.63) is 82.9 Å². The second-order valence-corrected chi connectivity index (χ2v) is 20.5. The molecule has 68 heavy (non-hydrogen) atoms. The van der Waals surface area contributed by atoms with Crippen LogP contribution in [0.1, 0.15) is 123 Å². The minimum absolute atomic E-state index is 0.0457. The molecule has 1 amide bonds. The number of Topliss-reactive ketones (excluding diaryl/α,β-unsaturated/α-hetero) is 2. The number of hydrogen-bond acceptors (Lipinski definition) is 16. The zero-order valence-corrected chi connectivity index (χ0v) is 40.4. The van der Waals surface area contributed by atoms with Gasteiger partial charge in [0.05, 0.1) is 35.6 Å². The van der Waals surface area contributed by atoms with Gasteiger partial charge >= 0.3 is 30.0 Å². The molecule has 370 valence electrons. The summed E-state index contributed by atoms with van der Waals surface area (Å²) in [6.45, 7) is 15.1. The van der Waals surface area contributed by atoms with Gasteiger partial charge in [0, 0.05) is 43.9 Å². The first-order valence-corrected chi connectivity index (χ1v) is 23.1. The van der Waals surface area contributed by atoms with Crippen LogP contribution in [0.5, 0.6) is 0 Å². The van der Waals surface area contributed by atoms with Crippen LogP contribution in [0, 0.1) is 22.7 Å². The van der Waals surface area contributed by atoms with E-state index >= 15 is 4.79 Å². The van der Waals surface area contributed by atoms with E-state index in [0.29, 0.717) is 5.56 Å². The summed E-state index contributed by atoms with van der Waals surface area (Å²) >= 11 is 0. The molecule has 4 aliphatic rings. The molecule has 2 saturated carbocycles. The van der Waals surface area contributed by atoms with E-state index < -0.39 is 118 Å². The van der Waals surface area contributed by atoms with Crippen LogP contribution >= 0.6 is 0 Å². The molecular formula is C51H65NO16. The Morgan fingerprint density at radius 2 is 1.53 bits per heavy atom.